The number of carbonyl (C=O) groups excluding carboxylic acids is 1. The number of ether oxygens (including phenoxy) is 3. The molecule has 0 unspecified atom stereocenters. The summed E-state index contributed by atoms with van der Waals surface area (Å²) in [5.74, 6) is 1.35. The Labute approximate surface area is 206 Å². The molecule has 0 aliphatic heterocycles. The minimum atomic E-state index is -0.190. The van der Waals surface area contributed by atoms with Crippen molar-refractivity contribution in [1.29, 1.82) is 0 Å². The summed E-state index contributed by atoms with van der Waals surface area (Å²) in [5.41, 5.74) is 5.18. The van der Waals surface area contributed by atoms with Crippen molar-refractivity contribution in [1.82, 2.24) is 20.1 Å². The van der Waals surface area contributed by atoms with Crippen molar-refractivity contribution in [2.24, 2.45) is 0 Å². The Balaban J connectivity index is 1.50. The summed E-state index contributed by atoms with van der Waals surface area (Å²) in [7, 11) is 0. The summed E-state index contributed by atoms with van der Waals surface area (Å²) in [4.78, 5) is 17.2. The maximum Gasteiger partial charge on any atom is 0.251 e. The van der Waals surface area contributed by atoms with Gasteiger partial charge in [0.05, 0.1) is 32.1 Å². The second kappa shape index (κ2) is 11.7. The van der Waals surface area contributed by atoms with E-state index in [9.17, 15) is 4.79 Å². The first-order valence-corrected chi connectivity index (χ1v) is 12.5. The van der Waals surface area contributed by atoms with E-state index < -0.39 is 0 Å². The number of carbonyl (C=O) groups is 1. The predicted molar refractivity (Wildman–Crippen MR) is 134 cm³/mol. The third kappa shape index (κ3) is 5.58. The maximum atomic E-state index is 13.0. The van der Waals surface area contributed by atoms with E-state index in [0.717, 1.165) is 30.5 Å². The number of nitrogens with one attached hydrogen (secondary N) is 1. The molecule has 8 heteroatoms. The fourth-order valence-electron chi connectivity index (χ4n) is 4.49. The molecule has 0 radical (unpaired) electrons. The molecule has 4 rings (SSSR count). The van der Waals surface area contributed by atoms with Crippen molar-refractivity contribution in [2.75, 3.05) is 26.4 Å². The average molecular weight is 479 g/mol. The summed E-state index contributed by atoms with van der Waals surface area (Å²) < 4.78 is 19.3. The van der Waals surface area contributed by atoms with Crippen molar-refractivity contribution < 1.29 is 19.0 Å². The summed E-state index contributed by atoms with van der Waals surface area (Å²) in [6, 6.07) is 7.43. The number of fused-ring (bicyclic) bond motifs is 1. The van der Waals surface area contributed by atoms with Gasteiger partial charge in [0.15, 0.2) is 11.5 Å². The third-order valence-electron chi connectivity index (χ3n) is 5.99. The monoisotopic (exact) mass is 478 g/mol. The van der Waals surface area contributed by atoms with Crippen LogP contribution in [0.25, 0.3) is 11.3 Å². The van der Waals surface area contributed by atoms with Gasteiger partial charge in [-0.25, -0.2) is 0 Å². The van der Waals surface area contributed by atoms with Crippen LogP contribution in [0.4, 0.5) is 0 Å². The number of pyridine rings is 1. The Hall–Kier alpha value is -3.55. The van der Waals surface area contributed by atoms with Crippen LogP contribution in [0.15, 0.2) is 36.7 Å². The first kappa shape index (κ1) is 24.6. The van der Waals surface area contributed by atoms with Crippen LogP contribution in [0, 0.1) is 0 Å². The number of hydrogen-bond acceptors (Lipinski definition) is 6. The first-order chi connectivity index (χ1) is 17.2. The van der Waals surface area contributed by atoms with Crippen molar-refractivity contribution >= 4 is 5.91 Å². The van der Waals surface area contributed by atoms with Gasteiger partial charge in [-0.3, -0.25) is 14.5 Å². The van der Waals surface area contributed by atoms with E-state index in [1.54, 1.807) is 24.5 Å². The summed E-state index contributed by atoms with van der Waals surface area (Å²) >= 11 is 0. The van der Waals surface area contributed by atoms with E-state index in [2.05, 4.69) is 15.0 Å². The molecule has 0 saturated carbocycles. The Morgan fingerprint density at radius 1 is 0.971 bits per heavy atom. The van der Waals surface area contributed by atoms with Crippen LogP contribution in [0.3, 0.4) is 0 Å². The van der Waals surface area contributed by atoms with Gasteiger partial charge in [0, 0.05) is 41.3 Å². The van der Waals surface area contributed by atoms with Crippen molar-refractivity contribution in [3.05, 3.63) is 53.5 Å². The van der Waals surface area contributed by atoms with Gasteiger partial charge in [0.1, 0.15) is 0 Å². The number of aromatic nitrogens is 3. The fourth-order valence-corrected chi connectivity index (χ4v) is 4.49. The standard InChI is InChI=1S/C27H34N4O4/c1-4-33-23-17-20(18-24(34-5-2)26(23)35-6-3)27(32)29-15-16-31-22-10-8-7-9-21(22)25(30-31)19-11-13-28-14-12-19/h11-14,17-18H,4-10,15-16H2,1-3H3,(H,29,32). The number of rotatable bonds is 11. The lowest BCUT2D eigenvalue weighted by Gasteiger charge is -2.17. The largest absolute Gasteiger partial charge is 0.490 e. The van der Waals surface area contributed by atoms with E-state index in [-0.39, 0.29) is 5.91 Å². The summed E-state index contributed by atoms with van der Waals surface area (Å²) in [6.45, 7) is 8.15. The molecule has 0 atom stereocenters. The van der Waals surface area contributed by atoms with Crippen LogP contribution in [-0.2, 0) is 19.4 Å². The van der Waals surface area contributed by atoms with E-state index in [1.807, 2.05) is 32.9 Å². The molecule has 1 aliphatic rings. The Morgan fingerprint density at radius 2 is 1.63 bits per heavy atom. The highest BCUT2D eigenvalue weighted by molar-refractivity contribution is 5.95. The van der Waals surface area contributed by atoms with Gasteiger partial charge < -0.3 is 19.5 Å². The van der Waals surface area contributed by atoms with Crippen LogP contribution in [-0.4, -0.2) is 47.0 Å². The lowest BCUT2D eigenvalue weighted by molar-refractivity contribution is 0.0950. The van der Waals surface area contributed by atoms with Crippen molar-refractivity contribution in [3.63, 3.8) is 0 Å². The fraction of sp³-hybridized carbons (Fsp3) is 0.444. The molecule has 3 aromatic rings. The molecule has 2 heterocycles. The van der Waals surface area contributed by atoms with Gasteiger partial charge in [-0.15, -0.1) is 0 Å². The predicted octanol–water partition coefficient (Wildman–Crippen LogP) is 4.45. The smallest absolute Gasteiger partial charge is 0.251 e. The van der Waals surface area contributed by atoms with Gasteiger partial charge in [-0.1, -0.05) is 0 Å². The molecule has 0 saturated heterocycles. The summed E-state index contributed by atoms with van der Waals surface area (Å²) in [6.07, 6.45) is 7.98. The Kier molecular flexibility index (Phi) is 8.23. The molecular weight excluding hydrogens is 444 g/mol. The van der Waals surface area contributed by atoms with Gasteiger partial charge in [-0.2, -0.15) is 5.10 Å². The second-order valence-electron chi connectivity index (χ2n) is 8.30. The van der Waals surface area contributed by atoms with Crippen molar-refractivity contribution in [2.45, 2.75) is 53.0 Å². The molecule has 35 heavy (non-hydrogen) atoms. The van der Waals surface area contributed by atoms with Crippen LogP contribution in [0.2, 0.25) is 0 Å². The molecule has 2 aromatic heterocycles. The lowest BCUT2D eigenvalue weighted by atomic mass is 9.94. The highest BCUT2D eigenvalue weighted by atomic mass is 16.5. The molecule has 186 valence electrons. The third-order valence-corrected chi connectivity index (χ3v) is 5.99. The minimum Gasteiger partial charge on any atom is -0.490 e. The van der Waals surface area contributed by atoms with Crippen LogP contribution >= 0.6 is 0 Å². The molecule has 0 bridgehead atoms. The highest BCUT2D eigenvalue weighted by Gasteiger charge is 2.22. The van der Waals surface area contributed by atoms with E-state index in [0.29, 0.717) is 55.7 Å². The van der Waals surface area contributed by atoms with Gasteiger partial charge in [0.2, 0.25) is 5.75 Å². The quantitative estimate of drug-likeness (QED) is 0.438. The van der Waals surface area contributed by atoms with E-state index >= 15 is 0 Å². The van der Waals surface area contributed by atoms with E-state index in [4.69, 9.17) is 19.3 Å². The molecule has 1 aromatic carbocycles. The second-order valence-corrected chi connectivity index (χ2v) is 8.30. The van der Waals surface area contributed by atoms with Crippen molar-refractivity contribution in [3.8, 4) is 28.5 Å². The zero-order valence-corrected chi connectivity index (χ0v) is 20.8. The normalized spacial score (nSPS) is 12.7. The topological polar surface area (TPSA) is 87.5 Å². The molecule has 0 spiro atoms. The number of nitrogens with zero attached hydrogens (tertiary/aromatic N) is 3. The van der Waals surface area contributed by atoms with Gasteiger partial charge >= 0.3 is 0 Å². The van der Waals surface area contributed by atoms with Gasteiger partial charge in [0.25, 0.3) is 5.91 Å². The summed E-state index contributed by atoms with van der Waals surface area (Å²) in [5, 5.41) is 7.95. The number of benzene rings is 1. The Bertz CT molecular complexity index is 1120. The molecule has 1 amide bonds. The molecular formula is C27H34N4O4. The first-order valence-electron chi connectivity index (χ1n) is 12.5. The average Bonchev–Trinajstić information content (AvgIpc) is 3.25. The van der Waals surface area contributed by atoms with E-state index in [1.165, 1.54) is 17.7 Å². The van der Waals surface area contributed by atoms with Crippen LogP contribution in [0.5, 0.6) is 17.2 Å². The number of amides is 1. The Morgan fingerprint density at radius 3 is 2.29 bits per heavy atom. The van der Waals surface area contributed by atoms with Crippen LogP contribution < -0.4 is 19.5 Å². The molecule has 0 fully saturated rings. The number of hydrogen-bond donors (Lipinski definition) is 1. The zero-order chi connectivity index (χ0) is 24.6. The SMILES string of the molecule is CCOc1cc(C(=O)NCCn2nc(-c3ccncc3)c3c2CCCC3)cc(OCC)c1OCC. The highest BCUT2D eigenvalue weighted by Crippen LogP contribution is 2.39. The van der Waals surface area contributed by atoms with Gasteiger partial charge in [-0.05, 0) is 70.7 Å². The minimum absolute atomic E-state index is 0.190. The molecule has 8 nitrogen and oxygen atoms in total. The molecule has 1 N–H and O–H groups in total. The zero-order valence-electron chi connectivity index (χ0n) is 20.8. The lowest BCUT2D eigenvalue weighted by Crippen LogP contribution is -2.28. The maximum absolute atomic E-state index is 13.0. The van der Waals surface area contributed by atoms with Crippen LogP contribution in [0.1, 0.15) is 55.2 Å². The molecule has 1 aliphatic carbocycles.